The third-order valence-electron chi connectivity index (χ3n) is 3.23. The first-order valence-corrected chi connectivity index (χ1v) is 7.44. The fourth-order valence-corrected chi connectivity index (χ4v) is 2.99. The molecule has 0 aliphatic heterocycles. The molecule has 0 amide bonds. The minimum Gasteiger partial charge on any atom is -0.497 e. The summed E-state index contributed by atoms with van der Waals surface area (Å²) in [4.78, 5) is 4.87. The first kappa shape index (κ1) is 12.9. The average molecular weight is 309 g/mol. The van der Waals surface area contributed by atoms with Crippen molar-refractivity contribution >= 4 is 16.3 Å². The normalized spacial score (nSPS) is 11.0. The Morgan fingerprint density at radius 3 is 2.82 bits per heavy atom. The van der Waals surface area contributed by atoms with E-state index in [1.807, 2.05) is 36.4 Å². The molecule has 4 aromatic rings. The fourth-order valence-electron chi connectivity index (χ4n) is 2.17. The molecular weight excluding hydrogens is 298 g/mol. The molecule has 0 saturated heterocycles. The molecule has 0 radical (unpaired) electrons. The lowest BCUT2D eigenvalue weighted by atomic mass is 10.2. The molecule has 1 aromatic carbocycles. The summed E-state index contributed by atoms with van der Waals surface area (Å²) in [7, 11) is 1.64. The topological polar surface area (TPSA) is 65.2 Å². The highest BCUT2D eigenvalue weighted by Crippen LogP contribution is 2.28. The number of hydrogen-bond donors (Lipinski definition) is 0. The molecule has 7 heteroatoms. The van der Waals surface area contributed by atoms with Crippen LogP contribution in [-0.4, -0.2) is 31.9 Å². The van der Waals surface area contributed by atoms with Crippen LogP contribution in [0.3, 0.4) is 0 Å². The van der Waals surface area contributed by atoms with Crippen molar-refractivity contribution in [2.75, 3.05) is 7.11 Å². The van der Waals surface area contributed by atoms with Gasteiger partial charge in [-0.3, -0.25) is 4.98 Å². The van der Waals surface area contributed by atoms with Gasteiger partial charge in [-0.1, -0.05) is 23.5 Å². The molecule has 0 spiro atoms. The Morgan fingerprint density at radius 1 is 1.09 bits per heavy atom. The van der Waals surface area contributed by atoms with E-state index < -0.39 is 0 Å². The second-order valence-corrected chi connectivity index (χ2v) is 5.55. The van der Waals surface area contributed by atoms with Crippen molar-refractivity contribution in [3.63, 3.8) is 0 Å². The molecule has 22 heavy (non-hydrogen) atoms. The Bertz CT molecular complexity index is 931. The van der Waals surface area contributed by atoms with Gasteiger partial charge in [0.2, 0.25) is 4.96 Å². The lowest BCUT2D eigenvalue weighted by Gasteiger charge is -2.01. The van der Waals surface area contributed by atoms with E-state index in [2.05, 4.69) is 20.3 Å². The average Bonchev–Trinajstić information content (AvgIpc) is 3.16. The van der Waals surface area contributed by atoms with Crippen molar-refractivity contribution in [2.24, 2.45) is 0 Å². The van der Waals surface area contributed by atoms with Crippen LogP contribution in [0.2, 0.25) is 0 Å². The van der Waals surface area contributed by atoms with Gasteiger partial charge in [0.25, 0.3) is 0 Å². The molecular formula is C15H11N5OS. The third kappa shape index (κ3) is 2.11. The Kier molecular flexibility index (Phi) is 3.05. The number of rotatable bonds is 3. The van der Waals surface area contributed by atoms with Crippen LogP contribution < -0.4 is 4.74 Å². The number of benzene rings is 1. The lowest BCUT2D eigenvalue weighted by Crippen LogP contribution is -1.92. The highest BCUT2D eigenvalue weighted by molar-refractivity contribution is 7.19. The predicted molar refractivity (Wildman–Crippen MR) is 83.9 cm³/mol. The maximum absolute atomic E-state index is 5.26. The maximum Gasteiger partial charge on any atom is 0.235 e. The van der Waals surface area contributed by atoms with Crippen molar-refractivity contribution in [3.05, 3.63) is 48.8 Å². The van der Waals surface area contributed by atoms with E-state index in [0.717, 1.165) is 26.8 Å². The Hall–Kier alpha value is -2.80. The zero-order valence-electron chi connectivity index (χ0n) is 11.7. The summed E-state index contributed by atoms with van der Waals surface area (Å²) in [5.74, 6) is 1.47. The molecule has 3 heterocycles. The number of methoxy groups -OCH3 is 1. The van der Waals surface area contributed by atoms with E-state index in [9.17, 15) is 0 Å². The Balaban J connectivity index is 1.84. The van der Waals surface area contributed by atoms with Crippen LogP contribution in [-0.2, 0) is 0 Å². The maximum atomic E-state index is 5.26. The summed E-state index contributed by atoms with van der Waals surface area (Å²) < 4.78 is 7.01. The zero-order valence-corrected chi connectivity index (χ0v) is 12.5. The molecule has 6 nitrogen and oxygen atoms in total. The smallest absolute Gasteiger partial charge is 0.235 e. The van der Waals surface area contributed by atoms with Gasteiger partial charge in [-0.2, -0.15) is 9.61 Å². The number of aromatic nitrogens is 5. The highest BCUT2D eigenvalue weighted by Gasteiger charge is 2.14. The molecule has 0 saturated carbocycles. The molecule has 0 atom stereocenters. The standard InChI is InChI=1S/C15H11N5OS/c1-21-12-6-2-4-10(8-12)13-17-18-15-20(13)19-14(22-15)11-5-3-7-16-9-11/h2-9H,1H3. The van der Waals surface area contributed by atoms with Crippen LogP contribution in [0.4, 0.5) is 0 Å². The van der Waals surface area contributed by atoms with Crippen LogP contribution in [0.15, 0.2) is 48.8 Å². The van der Waals surface area contributed by atoms with E-state index in [0.29, 0.717) is 5.82 Å². The largest absolute Gasteiger partial charge is 0.497 e. The molecule has 0 aliphatic carbocycles. The number of ether oxygens (including phenoxy) is 1. The van der Waals surface area contributed by atoms with E-state index in [-0.39, 0.29) is 0 Å². The molecule has 0 aliphatic rings. The molecule has 0 bridgehead atoms. The molecule has 3 aromatic heterocycles. The Morgan fingerprint density at radius 2 is 2.00 bits per heavy atom. The first-order valence-electron chi connectivity index (χ1n) is 6.62. The monoisotopic (exact) mass is 309 g/mol. The van der Waals surface area contributed by atoms with E-state index >= 15 is 0 Å². The van der Waals surface area contributed by atoms with Gasteiger partial charge in [-0.05, 0) is 24.3 Å². The molecule has 0 fully saturated rings. The molecule has 0 unspecified atom stereocenters. The van der Waals surface area contributed by atoms with Crippen LogP contribution in [0, 0.1) is 0 Å². The second kappa shape index (κ2) is 5.19. The Labute approximate surface area is 130 Å². The van der Waals surface area contributed by atoms with Crippen LogP contribution in [0.5, 0.6) is 5.75 Å². The van der Waals surface area contributed by atoms with Gasteiger partial charge in [0.15, 0.2) is 5.82 Å². The van der Waals surface area contributed by atoms with Crippen molar-refractivity contribution in [3.8, 4) is 27.7 Å². The predicted octanol–water partition coefficient (Wildman–Crippen LogP) is 2.92. The summed E-state index contributed by atoms with van der Waals surface area (Å²) in [6, 6.07) is 11.6. The van der Waals surface area contributed by atoms with Gasteiger partial charge in [-0.25, -0.2) is 0 Å². The second-order valence-electron chi connectivity index (χ2n) is 4.60. The van der Waals surface area contributed by atoms with Gasteiger partial charge < -0.3 is 4.74 Å². The summed E-state index contributed by atoms with van der Waals surface area (Å²) >= 11 is 1.48. The van der Waals surface area contributed by atoms with Crippen molar-refractivity contribution < 1.29 is 4.74 Å². The summed E-state index contributed by atoms with van der Waals surface area (Å²) in [6.07, 6.45) is 3.53. The number of nitrogens with zero attached hydrogens (tertiary/aromatic N) is 5. The van der Waals surface area contributed by atoms with E-state index in [1.165, 1.54) is 11.3 Å². The minimum atomic E-state index is 0.695. The summed E-state index contributed by atoms with van der Waals surface area (Å²) in [5, 5.41) is 13.9. The summed E-state index contributed by atoms with van der Waals surface area (Å²) in [6.45, 7) is 0. The minimum absolute atomic E-state index is 0.695. The number of fused-ring (bicyclic) bond motifs is 1. The molecule has 4 rings (SSSR count). The van der Waals surface area contributed by atoms with Gasteiger partial charge in [0, 0.05) is 23.5 Å². The van der Waals surface area contributed by atoms with Gasteiger partial charge in [-0.15, -0.1) is 10.2 Å². The molecule has 108 valence electrons. The van der Waals surface area contributed by atoms with E-state index in [4.69, 9.17) is 4.74 Å². The summed E-state index contributed by atoms with van der Waals surface area (Å²) in [5.41, 5.74) is 1.88. The first-order chi connectivity index (χ1) is 10.8. The number of pyridine rings is 1. The van der Waals surface area contributed by atoms with Crippen molar-refractivity contribution in [1.82, 2.24) is 24.8 Å². The SMILES string of the molecule is COc1cccc(-c2nnc3sc(-c4cccnc4)nn23)c1. The lowest BCUT2D eigenvalue weighted by molar-refractivity contribution is 0.415. The van der Waals surface area contributed by atoms with Crippen LogP contribution in [0.1, 0.15) is 0 Å². The number of hydrogen-bond acceptors (Lipinski definition) is 6. The fraction of sp³-hybridized carbons (Fsp3) is 0.0667. The van der Waals surface area contributed by atoms with Crippen LogP contribution >= 0.6 is 11.3 Å². The van der Waals surface area contributed by atoms with Gasteiger partial charge >= 0.3 is 0 Å². The van der Waals surface area contributed by atoms with Crippen LogP contribution in [0.25, 0.3) is 26.9 Å². The molecule has 0 N–H and O–H groups in total. The zero-order chi connectivity index (χ0) is 14.9. The third-order valence-corrected chi connectivity index (χ3v) is 4.18. The van der Waals surface area contributed by atoms with E-state index in [1.54, 1.807) is 24.0 Å². The highest BCUT2D eigenvalue weighted by atomic mass is 32.1. The van der Waals surface area contributed by atoms with Gasteiger partial charge in [0.1, 0.15) is 10.8 Å². The quantitative estimate of drug-likeness (QED) is 0.582. The van der Waals surface area contributed by atoms with Gasteiger partial charge in [0.05, 0.1) is 7.11 Å². The van der Waals surface area contributed by atoms with Crippen molar-refractivity contribution in [1.29, 1.82) is 0 Å². The van der Waals surface area contributed by atoms with Crippen molar-refractivity contribution in [2.45, 2.75) is 0 Å².